The molecule has 1 aliphatic rings. The summed E-state index contributed by atoms with van der Waals surface area (Å²) in [4.78, 5) is 13.5. The molecule has 0 bridgehead atoms. The van der Waals surface area contributed by atoms with Crippen molar-refractivity contribution in [3.63, 3.8) is 0 Å². The summed E-state index contributed by atoms with van der Waals surface area (Å²) in [5, 5.41) is 12.4. The van der Waals surface area contributed by atoms with Gasteiger partial charge in [0.15, 0.2) is 0 Å². The van der Waals surface area contributed by atoms with Gasteiger partial charge in [0.25, 0.3) is 0 Å². The van der Waals surface area contributed by atoms with Gasteiger partial charge in [0.05, 0.1) is 0 Å². The van der Waals surface area contributed by atoms with E-state index in [1.165, 1.54) is 0 Å². The van der Waals surface area contributed by atoms with Gasteiger partial charge in [0, 0.05) is 63.3 Å². The molecule has 1 aliphatic heterocycles. The Morgan fingerprint density at radius 2 is 1.90 bits per heavy atom. The molecule has 0 saturated carbocycles. The lowest BCUT2D eigenvalue weighted by Crippen LogP contribution is -2.45. The van der Waals surface area contributed by atoms with Crippen molar-refractivity contribution in [2.45, 2.75) is 32.4 Å². The van der Waals surface area contributed by atoms with E-state index in [2.05, 4.69) is 39.1 Å². The first-order valence-electron chi connectivity index (χ1n) is 7.81. The number of aliphatic hydroxyl groups excluding tert-OH is 1. The second-order valence-electron chi connectivity index (χ2n) is 5.68. The van der Waals surface area contributed by atoms with Crippen molar-refractivity contribution < 1.29 is 5.11 Å². The number of nitrogens with one attached hydrogen (secondary N) is 1. The molecule has 0 radical (unpaired) electrons. The van der Waals surface area contributed by atoms with E-state index in [0.717, 1.165) is 57.1 Å². The van der Waals surface area contributed by atoms with Crippen molar-refractivity contribution in [3.8, 4) is 0 Å². The summed E-state index contributed by atoms with van der Waals surface area (Å²) in [5.41, 5.74) is 1.09. The predicted octanol–water partition coefficient (Wildman–Crippen LogP) is 0.479. The maximum atomic E-state index is 8.99. The molecular formula is C15H27N5O. The quantitative estimate of drug-likeness (QED) is 0.762. The second-order valence-corrected chi connectivity index (χ2v) is 5.68. The van der Waals surface area contributed by atoms with Gasteiger partial charge in [0.1, 0.15) is 0 Å². The summed E-state index contributed by atoms with van der Waals surface area (Å²) in [5.74, 6) is 0.828. The van der Waals surface area contributed by atoms with Crippen LogP contribution in [0.25, 0.3) is 0 Å². The van der Waals surface area contributed by atoms with Crippen molar-refractivity contribution in [2.75, 3.05) is 44.7 Å². The third-order valence-corrected chi connectivity index (χ3v) is 4.04. The van der Waals surface area contributed by atoms with Crippen LogP contribution in [0.3, 0.4) is 0 Å². The van der Waals surface area contributed by atoms with E-state index < -0.39 is 0 Å². The van der Waals surface area contributed by atoms with Crippen LogP contribution in [0.5, 0.6) is 0 Å². The minimum Gasteiger partial charge on any atom is -0.396 e. The molecule has 2 N–H and O–H groups in total. The van der Waals surface area contributed by atoms with Crippen molar-refractivity contribution in [2.24, 2.45) is 0 Å². The number of rotatable bonds is 7. The number of nitrogens with zero attached hydrogens (tertiary/aromatic N) is 4. The van der Waals surface area contributed by atoms with Crippen LogP contribution in [0.4, 0.5) is 5.95 Å². The lowest BCUT2D eigenvalue weighted by atomic mass is 10.1. The van der Waals surface area contributed by atoms with E-state index in [9.17, 15) is 0 Å². The van der Waals surface area contributed by atoms with Gasteiger partial charge in [-0.2, -0.15) is 0 Å². The molecule has 2 rings (SSSR count). The summed E-state index contributed by atoms with van der Waals surface area (Å²) < 4.78 is 0. The van der Waals surface area contributed by atoms with Crippen molar-refractivity contribution in [1.82, 2.24) is 20.2 Å². The van der Waals surface area contributed by atoms with E-state index in [4.69, 9.17) is 5.11 Å². The Balaban J connectivity index is 1.84. The maximum Gasteiger partial charge on any atom is 0.225 e. The van der Waals surface area contributed by atoms with Crippen LogP contribution >= 0.6 is 0 Å². The summed E-state index contributed by atoms with van der Waals surface area (Å²) in [6, 6.07) is 0.354. The van der Waals surface area contributed by atoms with Crippen LogP contribution in [0, 0.1) is 0 Å². The van der Waals surface area contributed by atoms with Gasteiger partial charge >= 0.3 is 0 Å². The lowest BCUT2D eigenvalue weighted by Gasteiger charge is -2.32. The van der Waals surface area contributed by atoms with E-state index in [1.54, 1.807) is 0 Å². The zero-order valence-corrected chi connectivity index (χ0v) is 13.1. The zero-order valence-electron chi connectivity index (χ0n) is 13.1. The zero-order chi connectivity index (χ0) is 15.1. The smallest absolute Gasteiger partial charge is 0.225 e. The molecule has 21 heavy (non-hydrogen) atoms. The largest absolute Gasteiger partial charge is 0.396 e. The third kappa shape index (κ3) is 4.91. The number of piperazine rings is 1. The van der Waals surface area contributed by atoms with Crippen molar-refractivity contribution in [3.05, 3.63) is 18.0 Å². The van der Waals surface area contributed by atoms with Gasteiger partial charge in [-0.3, -0.25) is 0 Å². The highest BCUT2D eigenvalue weighted by atomic mass is 16.3. The Bertz CT molecular complexity index is 403. The first kappa shape index (κ1) is 16.1. The molecule has 1 aromatic heterocycles. The minimum absolute atomic E-state index is 0.227. The maximum absolute atomic E-state index is 8.99. The molecule has 0 aliphatic carbocycles. The van der Waals surface area contributed by atoms with Crippen molar-refractivity contribution in [1.29, 1.82) is 0 Å². The first-order chi connectivity index (χ1) is 10.2. The fourth-order valence-electron chi connectivity index (χ4n) is 2.48. The number of likely N-dealkylation sites (N-methyl/N-ethyl adjacent to an activating group) is 1. The minimum atomic E-state index is 0.227. The monoisotopic (exact) mass is 293 g/mol. The average molecular weight is 293 g/mol. The fraction of sp³-hybridized carbons (Fsp3) is 0.733. The molecule has 6 nitrogen and oxygen atoms in total. The Morgan fingerprint density at radius 1 is 1.24 bits per heavy atom. The number of aliphatic hydroxyl groups is 1. The fourth-order valence-corrected chi connectivity index (χ4v) is 2.48. The number of aromatic nitrogens is 2. The number of hydrogen-bond acceptors (Lipinski definition) is 6. The van der Waals surface area contributed by atoms with Crippen LogP contribution in [-0.2, 0) is 6.54 Å². The third-order valence-electron chi connectivity index (χ3n) is 4.04. The molecule has 2 heterocycles. The standard InChI is InChI=1S/C15H27N5O/c1-3-14(4-9-21)16-10-13-11-17-15(18-12-13)20-7-5-19(2)6-8-20/h11-12,14,16,21H,3-10H2,1-2H3. The molecule has 118 valence electrons. The van der Waals surface area contributed by atoms with Gasteiger partial charge in [-0.05, 0) is 19.9 Å². The highest BCUT2D eigenvalue weighted by Crippen LogP contribution is 2.10. The Hall–Kier alpha value is -1.24. The van der Waals surface area contributed by atoms with Gasteiger partial charge in [-0.25, -0.2) is 9.97 Å². The number of anilines is 1. The van der Waals surface area contributed by atoms with Crippen LogP contribution in [0.15, 0.2) is 12.4 Å². The molecule has 1 fully saturated rings. The predicted molar refractivity (Wildman–Crippen MR) is 84.4 cm³/mol. The molecule has 0 spiro atoms. The topological polar surface area (TPSA) is 64.5 Å². The van der Waals surface area contributed by atoms with Crippen LogP contribution < -0.4 is 10.2 Å². The normalized spacial score (nSPS) is 18.0. The second kappa shape index (κ2) is 8.26. The molecule has 1 atom stereocenters. The van der Waals surface area contributed by atoms with E-state index in [0.29, 0.717) is 6.04 Å². The van der Waals surface area contributed by atoms with Gasteiger partial charge in [-0.1, -0.05) is 6.92 Å². The van der Waals surface area contributed by atoms with Crippen LogP contribution in [-0.4, -0.2) is 65.8 Å². The van der Waals surface area contributed by atoms with Crippen molar-refractivity contribution >= 4 is 5.95 Å². The molecule has 1 aromatic rings. The van der Waals surface area contributed by atoms with E-state index in [1.807, 2.05) is 12.4 Å². The van der Waals surface area contributed by atoms with E-state index >= 15 is 0 Å². The SMILES string of the molecule is CCC(CCO)NCc1cnc(N2CCN(C)CC2)nc1. The van der Waals surface area contributed by atoms with Crippen LogP contribution in [0.1, 0.15) is 25.3 Å². The first-order valence-corrected chi connectivity index (χ1v) is 7.81. The molecule has 0 aromatic carbocycles. The lowest BCUT2D eigenvalue weighted by molar-refractivity contribution is 0.262. The Labute approximate surface area is 127 Å². The highest BCUT2D eigenvalue weighted by Gasteiger charge is 2.16. The Morgan fingerprint density at radius 3 is 2.48 bits per heavy atom. The highest BCUT2D eigenvalue weighted by molar-refractivity contribution is 5.30. The molecule has 1 saturated heterocycles. The molecule has 0 amide bonds. The summed E-state index contributed by atoms with van der Waals surface area (Å²) in [6.07, 6.45) is 5.61. The number of hydrogen-bond donors (Lipinski definition) is 2. The molecule has 6 heteroatoms. The molecular weight excluding hydrogens is 266 g/mol. The summed E-state index contributed by atoms with van der Waals surface area (Å²) >= 11 is 0. The van der Waals surface area contributed by atoms with Gasteiger partial charge in [0.2, 0.25) is 5.95 Å². The van der Waals surface area contributed by atoms with E-state index in [-0.39, 0.29) is 6.61 Å². The Kier molecular flexibility index (Phi) is 6.35. The average Bonchev–Trinajstić information content (AvgIpc) is 2.53. The van der Waals surface area contributed by atoms with Crippen LogP contribution in [0.2, 0.25) is 0 Å². The van der Waals surface area contributed by atoms with Gasteiger partial charge < -0.3 is 20.2 Å². The molecule has 1 unspecified atom stereocenters. The summed E-state index contributed by atoms with van der Waals surface area (Å²) in [7, 11) is 2.14. The summed E-state index contributed by atoms with van der Waals surface area (Å²) in [6.45, 7) is 7.20. The van der Waals surface area contributed by atoms with Gasteiger partial charge in [-0.15, -0.1) is 0 Å².